The summed E-state index contributed by atoms with van der Waals surface area (Å²) in [6.45, 7) is 0.953. The standard InChI is InChI=1S/C13H14BrFN2O3/c1-20-13(19)16-9-4-5-17(7-9)12(18)10-3-2-8(15)6-11(10)14/h2-3,6,9H,4-5,7H2,1H3,(H,16,19). The molecule has 1 aliphatic heterocycles. The zero-order valence-electron chi connectivity index (χ0n) is 10.9. The Morgan fingerprint density at radius 3 is 2.90 bits per heavy atom. The summed E-state index contributed by atoms with van der Waals surface area (Å²) in [4.78, 5) is 25.1. The lowest BCUT2D eigenvalue weighted by Gasteiger charge is -2.17. The molecule has 1 heterocycles. The number of nitrogens with one attached hydrogen (secondary N) is 1. The second-order valence-electron chi connectivity index (χ2n) is 4.50. The van der Waals surface area contributed by atoms with Crippen LogP contribution in [-0.2, 0) is 4.74 Å². The van der Waals surface area contributed by atoms with E-state index in [9.17, 15) is 14.0 Å². The number of likely N-dealkylation sites (tertiary alicyclic amines) is 1. The van der Waals surface area contributed by atoms with Gasteiger partial charge in [0.05, 0.1) is 18.7 Å². The van der Waals surface area contributed by atoms with Crippen molar-refractivity contribution in [3.8, 4) is 0 Å². The molecule has 0 aliphatic carbocycles. The van der Waals surface area contributed by atoms with Crippen LogP contribution >= 0.6 is 15.9 Å². The largest absolute Gasteiger partial charge is 0.453 e. The number of halogens is 2. The number of amides is 2. The van der Waals surface area contributed by atoms with Crippen molar-refractivity contribution in [1.82, 2.24) is 10.2 Å². The lowest BCUT2D eigenvalue weighted by Crippen LogP contribution is -2.38. The Morgan fingerprint density at radius 2 is 2.25 bits per heavy atom. The number of alkyl carbamates (subject to hydrolysis) is 1. The number of nitrogens with zero attached hydrogens (tertiary/aromatic N) is 1. The van der Waals surface area contributed by atoms with Gasteiger partial charge in [-0.15, -0.1) is 0 Å². The van der Waals surface area contributed by atoms with Crippen LogP contribution in [0.5, 0.6) is 0 Å². The zero-order chi connectivity index (χ0) is 14.7. The maximum absolute atomic E-state index is 13.0. The van der Waals surface area contributed by atoms with Crippen LogP contribution in [0.2, 0.25) is 0 Å². The summed E-state index contributed by atoms with van der Waals surface area (Å²) in [5.74, 6) is -0.592. The second kappa shape index (κ2) is 6.21. The maximum Gasteiger partial charge on any atom is 0.407 e. The van der Waals surface area contributed by atoms with Gasteiger partial charge in [0.25, 0.3) is 5.91 Å². The molecule has 1 aromatic carbocycles. The minimum Gasteiger partial charge on any atom is -0.453 e. The van der Waals surface area contributed by atoms with Crippen LogP contribution in [0.25, 0.3) is 0 Å². The van der Waals surface area contributed by atoms with Crippen molar-refractivity contribution in [2.75, 3.05) is 20.2 Å². The van der Waals surface area contributed by atoms with E-state index in [2.05, 4.69) is 26.0 Å². The van der Waals surface area contributed by atoms with Gasteiger partial charge in [-0.1, -0.05) is 0 Å². The highest BCUT2D eigenvalue weighted by atomic mass is 79.9. The van der Waals surface area contributed by atoms with E-state index in [4.69, 9.17) is 0 Å². The van der Waals surface area contributed by atoms with Crippen LogP contribution in [-0.4, -0.2) is 43.1 Å². The van der Waals surface area contributed by atoms with Gasteiger partial charge in [-0.3, -0.25) is 4.79 Å². The third-order valence-electron chi connectivity index (χ3n) is 3.14. The summed E-state index contributed by atoms with van der Waals surface area (Å²) in [6.07, 6.45) is 0.159. The molecule has 20 heavy (non-hydrogen) atoms. The number of hydrogen-bond donors (Lipinski definition) is 1. The van der Waals surface area contributed by atoms with Crippen molar-refractivity contribution in [1.29, 1.82) is 0 Å². The number of rotatable bonds is 2. The van der Waals surface area contributed by atoms with E-state index in [0.29, 0.717) is 29.5 Å². The minimum absolute atomic E-state index is 0.120. The molecule has 5 nitrogen and oxygen atoms in total. The molecule has 7 heteroatoms. The van der Waals surface area contributed by atoms with Gasteiger partial charge in [0.15, 0.2) is 0 Å². The van der Waals surface area contributed by atoms with Crippen molar-refractivity contribution in [3.05, 3.63) is 34.1 Å². The van der Waals surface area contributed by atoms with E-state index >= 15 is 0 Å². The van der Waals surface area contributed by atoms with E-state index in [1.807, 2.05) is 0 Å². The highest BCUT2D eigenvalue weighted by Gasteiger charge is 2.29. The summed E-state index contributed by atoms with van der Waals surface area (Å²) in [6, 6.07) is 3.83. The lowest BCUT2D eigenvalue weighted by atomic mass is 10.2. The molecule has 2 amide bonds. The smallest absolute Gasteiger partial charge is 0.407 e. The number of benzene rings is 1. The molecule has 1 aromatic rings. The van der Waals surface area contributed by atoms with Crippen molar-refractivity contribution in [2.24, 2.45) is 0 Å². The third-order valence-corrected chi connectivity index (χ3v) is 3.80. The maximum atomic E-state index is 13.0. The van der Waals surface area contributed by atoms with Crippen molar-refractivity contribution < 1.29 is 18.7 Å². The van der Waals surface area contributed by atoms with Gasteiger partial charge in [0, 0.05) is 17.6 Å². The molecule has 1 N–H and O–H groups in total. The van der Waals surface area contributed by atoms with Gasteiger partial charge < -0.3 is 15.0 Å². The lowest BCUT2D eigenvalue weighted by molar-refractivity contribution is 0.0787. The average molecular weight is 345 g/mol. The molecule has 0 radical (unpaired) electrons. The number of ether oxygens (including phenoxy) is 1. The normalized spacial score (nSPS) is 17.9. The summed E-state index contributed by atoms with van der Waals surface area (Å²) in [5, 5.41) is 2.66. The van der Waals surface area contributed by atoms with Gasteiger partial charge in [-0.2, -0.15) is 0 Å². The van der Waals surface area contributed by atoms with Gasteiger partial charge in [0.2, 0.25) is 0 Å². The molecule has 1 unspecified atom stereocenters. The Balaban J connectivity index is 2.02. The van der Waals surface area contributed by atoms with Gasteiger partial charge in [0.1, 0.15) is 5.82 Å². The van der Waals surface area contributed by atoms with Crippen LogP contribution in [0.3, 0.4) is 0 Å². The first-order chi connectivity index (χ1) is 9.51. The topological polar surface area (TPSA) is 58.6 Å². The van der Waals surface area contributed by atoms with E-state index in [0.717, 1.165) is 0 Å². The van der Waals surface area contributed by atoms with Crippen molar-refractivity contribution in [2.45, 2.75) is 12.5 Å². The van der Waals surface area contributed by atoms with Crippen LogP contribution in [0.15, 0.2) is 22.7 Å². The molecular weight excluding hydrogens is 331 g/mol. The summed E-state index contributed by atoms with van der Waals surface area (Å²) >= 11 is 3.18. The van der Waals surface area contributed by atoms with Crippen LogP contribution in [0, 0.1) is 5.82 Å². The molecule has 0 spiro atoms. The van der Waals surface area contributed by atoms with Crippen LogP contribution in [0.1, 0.15) is 16.8 Å². The molecular formula is C13H14BrFN2O3. The average Bonchev–Trinajstić information content (AvgIpc) is 2.86. The number of methoxy groups -OCH3 is 1. The van der Waals surface area contributed by atoms with E-state index in [1.165, 1.54) is 25.3 Å². The fraction of sp³-hybridized carbons (Fsp3) is 0.385. The van der Waals surface area contributed by atoms with Gasteiger partial charge in [-0.25, -0.2) is 9.18 Å². The first-order valence-corrected chi connectivity index (χ1v) is 6.89. The molecule has 1 fully saturated rings. The SMILES string of the molecule is COC(=O)NC1CCN(C(=O)c2ccc(F)cc2Br)C1. The first-order valence-electron chi connectivity index (χ1n) is 6.10. The quantitative estimate of drug-likeness (QED) is 0.894. The van der Waals surface area contributed by atoms with E-state index in [-0.39, 0.29) is 11.9 Å². The molecule has 0 aromatic heterocycles. The molecule has 1 saturated heterocycles. The van der Waals surface area contributed by atoms with Crippen molar-refractivity contribution in [3.63, 3.8) is 0 Å². The first kappa shape index (κ1) is 14.8. The molecule has 108 valence electrons. The zero-order valence-corrected chi connectivity index (χ0v) is 12.4. The molecule has 0 bridgehead atoms. The van der Waals surface area contributed by atoms with Crippen LogP contribution in [0.4, 0.5) is 9.18 Å². The highest BCUT2D eigenvalue weighted by molar-refractivity contribution is 9.10. The highest BCUT2D eigenvalue weighted by Crippen LogP contribution is 2.22. The van der Waals surface area contributed by atoms with Crippen molar-refractivity contribution >= 4 is 27.9 Å². The predicted molar refractivity (Wildman–Crippen MR) is 73.9 cm³/mol. The predicted octanol–water partition coefficient (Wildman–Crippen LogP) is 2.16. The molecule has 1 atom stereocenters. The van der Waals surface area contributed by atoms with Gasteiger partial charge >= 0.3 is 6.09 Å². The Bertz CT molecular complexity index is 538. The fourth-order valence-corrected chi connectivity index (χ4v) is 2.64. The van der Waals surface area contributed by atoms with Crippen LogP contribution < -0.4 is 5.32 Å². The monoisotopic (exact) mass is 344 g/mol. The fourth-order valence-electron chi connectivity index (χ4n) is 2.12. The Hall–Kier alpha value is -1.63. The Morgan fingerprint density at radius 1 is 1.50 bits per heavy atom. The third kappa shape index (κ3) is 3.27. The number of carbonyl (C=O) groups is 2. The minimum atomic E-state index is -0.507. The number of carbonyl (C=O) groups excluding carboxylic acids is 2. The summed E-state index contributed by atoms with van der Waals surface area (Å²) in [7, 11) is 1.29. The molecule has 0 saturated carbocycles. The Kier molecular flexibility index (Phi) is 4.59. The summed E-state index contributed by atoms with van der Waals surface area (Å²) < 4.78 is 18.0. The molecule has 2 rings (SSSR count). The van der Waals surface area contributed by atoms with E-state index in [1.54, 1.807) is 4.90 Å². The number of hydrogen-bond acceptors (Lipinski definition) is 3. The second-order valence-corrected chi connectivity index (χ2v) is 5.35. The van der Waals surface area contributed by atoms with Gasteiger partial charge in [-0.05, 0) is 40.5 Å². The Labute approximate surface area is 124 Å². The van der Waals surface area contributed by atoms with E-state index < -0.39 is 11.9 Å². The molecule has 1 aliphatic rings. The summed E-state index contributed by atoms with van der Waals surface area (Å²) in [5.41, 5.74) is 0.408.